The highest BCUT2D eigenvalue weighted by Gasteiger charge is 2.56. The number of morpholine rings is 1. The minimum Gasteiger partial charge on any atom is -0.496 e. The standard InChI is InChI=1S/C28H32F4N2O4/c1-17(35)34-9-10-38-15-24(34)19-6-5-18-11-21(33-23(18)12-19)14-27(36,28(30,31)32)16-26(2,3)22-13-20(29)7-8-25(22)37-4/h5-8,11-13,24,33,36H,9-10,14-16H2,1-4H3. The van der Waals surface area contributed by atoms with Crippen molar-refractivity contribution in [3.05, 3.63) is 65.1 Å². The maximum atomic E-state index is 14.4. The molecular weight excluding hydrogens is 504 g/mol. The normalized spacial score (nSPS) is 18.4. The minimum absolute atomic E-state index is 0.0849. The molecule has 4 rings (SSSR count). The Balaban J connectivity index is 1.65. The van der Waals surface area contributed by atoms with Crippen LogP contribution < -0.4 is 4.74 Å². The number of carbonyl (C=O) groups is 1. The number of nitrogens with zero attached hydrogens (tertiary/aromatic N) is 1. The number of fused-ring (bicyclic) bond motifs is 1. The van der Waals surface area contributed by atoms with Gasteiger partial charge in [-0.2, -0.15) is 13.2 Å². The van der Waals surface area contributed by atoms with E-state index in [0.29, 0.717) is 30.7 Å². The van der Waals surface area contributed by atoms with E-state index in [4.69, 9.17) is 9.47 Å². The van der Waals surface area contributed by atoms with Crippen LogP contribution in [0.3, 0.4) is 0 Å². The number of alkyl halides is 3. The van der Waals surface area contributed by atoms with Gasteiger partial charge < -0.3 is 24.5 Å². The van der Waals surface area contributed by atoms with Crippen molar-refractivity contribution in [3.8, 4) is 5.75 Å². The molecule has 2 N–H and O–H groups in total. The first-order valence-electron chi connectivity index (χ1n) is 12.3. The van der Waals surface area contributed by atoms with E-state index in [1.54, 1.807) is 23.1 Å². The lowest BCUT2D eigenvalue weighted by molar-refractivity contribution is -0.266. The third kappa shape index (κ3) is 5.51. The zero-order chi connectivity index (χ0) is 27.9. The van der Waals surface area contributed by atoms with Crippen LogP contribution in [0, 0.1) is 5.82 Å². The van der Waals surface area contributed by atoms with Crippen molar-refractivity contribution < 1.29 is 36.9 Å². The van der Waals surface area contributed by atoms with Crippen LogP contribution in [0.5, 0.6) is 5.75 Å². The Morgan fingerprint density at radius 3 is 2.58 bits per heavy atom. The Labute approximate surface area is 218 Å². The van der Waals surface area contributed by atoms with Gasteiger partial charge in [0.2, 0.25) is 5.91 Å². The number of amides is 1. The van der Waals surface area contributed by atoms with Gasteiger partial charge in [0.25, 0.3) is 0 Å². The van der Waals surface area contributed by atoms with E-state index in [0.717, 1.165) is 11.6 Å². The molecule has 1 aromatic heterocycles. The van der Waals surface area contributed by atoms with Gasteiger partial charge in [-0.15, -0.1) is 0 Å². The fraction of sp³-hybridized carbons (Fsp3) is 0.464. The van der Waals surface area contributed by atoms with Crippen molar-refractivity contribution in [3.63, 3.8) is 0 Å². The van der Waals surface area contributed by atoms with Crippen LogP contribution >= 0.6 is 0 Å². The molecule has 0 radical (unpaired) electrons. The monoisotopic (exact) mass is 536 g/mol. The highest BCUT2D eigenvalue weighted by atomic mass is 19.4. The fourth-order valence-electron chi connectivity index (χ4n) is 5.38. The Kier molecular flexibility index (Phi) is 7.51. The Bertz CT molecular complexity index is 1320. The fourth-order valence-corrected chi connectivity index (χ4v) is 5.38. The molecule has 1 aliphatic rings. The second kappa shape index (κ2) is 10.2. The molecule has 2 aromatic carbocycles. The van der Waals surface area contributed by atoms with Crippen LogP contribution in [0.1, 0.15) is 50.1 Å². The topological polar surface area (TPSA) is 74.8 Å². The van der Waals surface area contributed by atoms with Gasteiger partial charge in [0.15, 0.2) is 5.60 Å². The highest BCUT2D eigenvalue weighted by molar-refractivity contribution is 5.81. The maximum Gasteiger partial charge on any atom is 0.417 e. The van der Waals surface area contributed by atoms with Gasteiger partial charge in [-0.25, -0.2) is 4.39 Å². The predicted octanol–water partition coefficient (Wildman–Crippen LogP) is 5.44. The number of nitrogens with one attached hydrogen (secondary N) is 1. The number of carbonyl (C=O) groups excluding carboxylic acids is 1. The van der Waals surface area contributed by atoms with E-state index in [1.165, 1.54) is 40.0 Å². The number of aromatic amines is 1. The molecule has 206 valence electrons. The molecule has 38 heavy (non-hydrogen) atoms. The third-order valence-electron chi connectivity index (χ3n) is 7.26. The number of rotatable bonds is 7. The molecule has 0 aliphatic carbocycles. The van der Waals surface area contributed by atoms with Crippen LogP contribution in [0.15, 0.2) is 42.5 Å². The number of aliphatic hydroxyl groups is 1. The largest absolute Gasteiger partial charge is 0.496 e. The molecule has 1 aliphatic heterocycles. The van der Waals surface area contributed by atoms with Gasteiger partial charge in [0.1, 0.15) is 11.6 Å². The van der Waals surface area contributed by atoms with Crippen molar-refractivity contribution >= 4 is 16.8 Å². The van der Waals surface area contributed by atoms with Crippen molar-refractivity contribution in [1.29, 1.82) is 0 Å². The number of benzene rings is 2. The summed E-state index contributed by atoms with van der Waals surface area (Å²) in [5.74, 6) is -0.453. The predicted molar refractivity (Wildman–Crippen MR) is 135 cm³/mol. The summed E-state index contributed by atoms with van der Waals surface area (Å²) in [6.07, 6.45) is -6.42. The van der Waals surface area contributed by atoms with E-state index in [1.807, 2.05) is 6.07 Å². The lowest BCUT2D eigenvalue weighted by atomic mass is 9.73. The van der Waals surface area contributed by atoms with E-state index < -0.39 is 35.9 Å². The van der Waals surface area contributed by atoms with Crippen LogP contribution in [0.2, 0.25) is 0 Å². The molecule has 2 unspecified atom stereocenters. The van der Waals surface area contributed by atoms with Crippen LogP contribution in [-0.2, 0) is 21.4 Å². The number of hydrogen-bond donors (Lipinski definition) is 2. The first-order valence-corrected chi connectivity index (χ1v) is 12.3. The molecular formula is C28H32F4N2O4. The van der Waals surface area contributed by atoms with Gasteiger partial charge in [0, 0.05) is 36.7 Å². The molecule has 0 bridgehead atoms. The molecule has 6 nitrogen and oxygen atoms in total. The summed E-state index contributed by atoms with van der Waals surface area (Å²) in [6.45, 7) is 5.75. The summed E-state index contributed by atoms with van der Waals surface area (Å²) in [7, 11) is 1.36. The average molecular weight is 537 g/mol. The van der Waals surface area contributed by atoms with Gasteiger partial charge >= 0.3 is 6.18 Å². The number of hydrogen-bond acceptors (Lipinski definition) is 4. The van der Waals surface area contributed by atoms with Gasteiger partial charge in [-0.05, 0) is 53.1 Å². The second-order valence-electron chi connectivity index (χ2n) is 10.6. The van der Waals surface area contributed by atoms with E-state index in [-0.39, 0.29) is 29.0 Å². The van der Waals surface area contributed by atoms with Crippen molar-refractivity contribution in [2.45, 2.75) is 56.8 Å². The quantitative estimate of drug-likeness (QED) is 0.395. The molecule has 1 fully saturated rings. The zero-order valence-electron chi connectivity index (χ0n) is 21.8. The van der Waals surface area contributed by atoms with Gasteiger partial charge in [-0.3, -0.25) is 4.79 Å². The lowest BCUT2D eigenvalue weighted by Gasteiger charge is -2.38. The highest BCUT2D eigenvalue weighted by Crippen LogP contribution is 2.45. The summed E-state index contributed by atoms with van der Waals surface area (Å²) >= 11 is 0. The molecule has 1 amide bonds. The molecule has 3 aromatic rings. The lowest BCUT2D eigenvalue weighted by Crippen LogP contribution is -2.51. The number of aromatic nitrogens is 1. The molecule has 1 saturated heterocycles. The SMILES string of the molecule is COc1ccc(F)cc1C(C)(C)CC(O)(Cc1cc2ccc(C3COCCN3C(C)=O)cc2[nH]1)C(F)(F)F. The van der Waals surface area contributed by atoms with Gasteiger partial charge in [-0.1, -0.05) is 26.0 Å². The summed E-state index contributed by atoms with van der Waals surface area (Å²) < 4.78 is 67.9. The second-order valence-corrected chi connectivity index (χ2v) is 10.6. The van der Waals surface area contributed by atoms with E-state index in [2.05, 4.69) is 4.98 Å². The smallest absolute Gasteiger partial charge is 0.417 e. The first-order chi connectivity index (χ1) is 17.7. The minimum atomic E-state index is -4.96. The third-order valence-corrected chi connectivity index (χ3v) is 7.26. The summed E-state index contributed by atoms with van der Waals surface area (Å²) in [6, 6.07) is 10.3. The molecule has 0 saturated carbocycles. The molecule has 0 spiro atoms. The molecule has 10 heteroatoms. The number of methoxy groups -OCH3 is 1. The Morgan fingerprint density at radius 1 is 1.18 bits per heavy atom. The van der Waals surface area contributed by atoms with Crippen LogP contribution in [-0.4, -0.2) is 59.5 Å². The Hall–Kier alpha value is -3.11. The molecule has 2 heterocycles. The van der Waals surface area contributed by atoms with E-state index >= 15 is 0 Å². The van der Waals surface area contributed by atoms with Crippen molar-refractivity contribution in [1.82, 2.24) is 9.88 Å². The maximum absolute atomic E-state index is 14.4. The molecule has 2 atom stereocenters. The van der Waals surface area contributed by atoms with Crippen molar-refractivity contribution in [2.24, 2.45) is 0 Å². The van der Waals surface area contributed by atoms with Crippen LogP contribution in [0.4, 0.5) is 17.6 Å². The summed E-state index contributed by atoms with van der Waals surface area (Å²) in [5, 5.41) is 11.7. The van der Waals surface area contributed by atoms with Crippen molar-refractivity contribution in [2.75, 3.05) is 26.9 Å². The zero-order valence-corrected chi connectivity index (χ0v) is 21.8. The average Bonchev–Trinajstić information content (AvgIpc) is 3.24. The van der Waals surface area contributed by atoms with Gasteiger partial charge in [0.05, 0.1) is 26.4 Å². The summed E-state index contributed by atoms with van der Waals surface area (Å²) in [4.78, 5) is 16.8. The first kappa shape index (κ1) is 27.9. The number of ether oxygens (including phenoxy) is 2. The van der Waals surface area contributed by atoms with E-state index in [9.17, 15) is 27.5 Å². The summed E-state index contributed by atoms with van der Waals surface area (Å²) in [5.41, 5.74) is -2.59. The number of H-pyrrole nitrogens is 1. The van der Waals surface area contributed by atoms with Crippen LogP contribution in [0.25, 0.3) is 10.9 Å². The Morgan fingerprint density at radius 2 is 1.92 bits per heavy atom. The number of halogens is 4.